The van der Waals surface area contributed by atoms with Gasteiger partial charge in [0.25, 0.3) is 0 Å². The van der Waals surface area contributed by atoms with Gasteiger partial charge in [0.1, 0.15) is 6.61 Å². The summed E-state index contributed by atoms with van der Waals surface area (Å²) in [7, 11) is 1.41. The van der Waals surface area contributed by atoms with Crippen LogP contribution in [-0.4, -0.2) is 37.2 Å². The fourth-order valence-electron chi connectivity index (χ4n) is 3.05. The van der Waals surface area contributed by atoms with E-state index in [2.05, 4.69) is 0 Å². The first-order valence-electron chi connectivity index (χ1n) is 8.11. The lowest BCUT2D eigenvalue weighted by Crippen LogP contribution is -2.38. The Bertz CT molecular complexity index is 678. The van der Waals surface area contributed by atoms with Crippen molar-refractivity contribution in [2.24, 2.45) is 5.92 Å². The van der Waals surface area contributed by atoms with Gasteiger partial charge < -0.3 is 14.4 Å². The minimum Gasteiger partial charge on any atom is -0.469 e. The molecule has 3 rings (SSSR count). The summed E-state index contributed by atoms with van der Waals surface area (Å²) in [5, 5.41) is 0. The summed E-state index contributed by atoms with van der Waals surface area (Å²) in [5.74, 6) is -0.409. The maximum atomic E-state index is 12.2. The molecule has 1 saturated heterocycles. The van der Waals surface area contributed by atoms with Crippen molar-refractivity contribution in [3.63, 3.8) is 0 Å². The van der Waals surface area contributed by atoms with Crippen LogP contribution in [0.4, 0.5) is 4.79 Å². The summed E-state index contributed by atoms with van der Waals surface area (Å²) in [6.45, 7) is 1.42. The molecule has 0 aromatic heterocycles. The third kappa shape index (κ3) is 3.67. The van der Waals surface area contributed by atoms with Crippen LogP contribution in [0, 0.1) is 5.92 Å². The number of fused-ring (bicyclic) bond motifs is 1. The second-order valence-corrected chi connectivity index (χ2v) is 6.00. The van der Waals surface area contributed by atoms with Gasteiger partial charge in [0.2, 0.25) is 0 Å². The van der Waals surface area contributed by atoms with Crippen LogP contribution in [0.3, 0.4) is 0 Å². The highest BCUT2D eigenvalue weighted by atomic mass is 16.6. The Morgan fingerprint density at radius 1 is 1.21 bits per heavy atom. The van der Waals surface area contributed by atoms with Crippen LogP contribution < -0.4 is 0 Å². The quantitative estimate of drug-likeness (QED) is 0.801. The summed E-state index contributed by atoms with van der Waals surface area (Å²) in [6.07, 6.45) is 5.08. The Hall–Kier alpha value is -2.56. The average molecular weight is 327 g/mol. The third-order valence-electron chi connectivity index (χ3n) is 4.41. The Labute approximate surface area is 141 Å². The molecule has 5 heteroatoms. The zero-order valence-corrected chi connectivity index (χ0v) is 13.7. The van der Waals surface area contributed by atoms with Gasteiger partial charge in [-0.05, 0) is 29.6 Å². The predicted octanol–water partition coefficient (Wildman–Crippen LogP) is 3.07. The van der Waals surface area contributed by atoms with Crippen molar-refractivity contribution in [3.05, 3.63) is 59.2 Å². The molecule has 1 aliphatic heterocycles. The average Bonchev–Trinajstić information content (AvgIpc) is 2.65. The molecule has 1 unspecified atom stereocenters. The van der Waals surface area contributed by atoms with E-state index in [0.29, 0.717) is 19.5 Å². The van der Waals surface area contributed by atoms with Crippen molar-refractivity contribution in [1.82, 2.24) is 4.90 Å². The maximum Gasteiger partial charge on any atom is 0.410 e. The number of benzene rings is 1. The molecular weight excluding hydrogens is 306 g/mol. The minimum absolute atomic E-state index is 0.203. The van der Waals surface area contributed by atoms with Crippen LogP contribution in [-0.2, 0) is 20.9 Å². The molecule has 1 heterocycles. The van der Waals surface area contributed by atoms with E-state index in [4.69, 9.17) is 9.47 Å². The molecule has 24 heavy (non-hydrogen) atoms. The third-order valence-corrected chi connectivity index (χ3v) is 4.41. The van der Waals surface area contributed by atoms with Gasteiger partial charge >= 0.3 is 12.1 Å². The smallest absolute Gasteiger partial charge is 0.410 e. The normalized spacial score (nSPS) is 19.7. The molecule has 0 saturated carbocycles. The van der Waals surface area contributed by atoms with Gasteiger partial charge in [-0.1, -0.05) is 42.5 Å². The number of esters is 1. The number of ether oxygens (including phenoxy) is 2. The molecule has 5 nitrogen and oxygen atoms in total. The lowest BCUT2D eigenvalue weighted by atomic mass is 9.86. The number of hydrogen-bond acceptors (Lipinski definition) is 4. The highest BCUT2D eigenvalue weighted by molar-refractivity contribution is 5.76. The van der Waals surface area contributed by atoms with E-state index < -0.39 is 0 Å². The zero-order chi connectivity index (χ0) is 16.9. The number of piperidine rings is 1. The predicted molar refractivity (Wildman–Crippen MR) is 89.1 cm³/mol. The number of likely N-dealkylation sites (tertiary alicyclic amines) is 1. The minimum atomic E-state index is -0.297. The van der Waals surface area contributed by atoms with Gasteiger partial charge in [-0.3, -0.25) is 4.79 Å². The molecule has 1 atom stereocenters. The number of hydrogen-bond donors (Lipinski definition) is 0. The van der Waals surface area contributed by atoms with Crippen molar-refractivity contribution < 1.29 is 19.1 Å². The standard InChI is InChI=1S/C19H21NO4/c1-23-18(21)16-7-8-17-12-20(10-9-15(17)11-16)19(22)24-13-14-5-3-2-4-6-14/h2-6,8,11,16H,7,9-10,12-13H2,1H3. The lowest BCUT2D eigenvalue weighted by molar-refractivity contribution is -0.143. The van der Waals surface area contributed by atoms with Crippen molar-refractivity contribution in [1.29, 1.82) is 0 Å². The Kier molecular flexibility index (Phi) is 4.99. The number of nitrogens with zero attached hydrogens (tertiary/aromatic N) is 1. The molecule has 1 aromatic carbocycles. The molecule has 0 bridgehead atoms. The number of carbonyl (C=O) groups is 2. The molecule has 0 radical (unpaired) electrons. The molecule has 1 amide bonds. The first-order chi connectivity index (χ1) is 11.7. The molecule has 2 aliphatic rings. The SMILES string of the molecule is COC(=O)C1C=C2CCN(C(=O)OCc3ccccc3)CC2=CC1. The number of carbonyl (C=O) groups excluding carboxylic acids is 2. The molecule has 0 N–H and O–H groups in total. The second-order valence-electron chi connectivity index (χ2n) is 6.00. The summed E-state index contributed by atoms with van der Waals surface area (Å²) in [4.78, 5) is 25.6. The van der Waals surface area contributed by atoms with E-state index in [1.807, 2.05) is 42.5 Å². The Morgan fingerprint density at radius 2 is 2.00 bits per heavy atom. The summed E-state index contributed by atoms with van der Waals surface area (Å²) in [6, 6.07) is 9.64. The van der Waals surface area contributed by atoms with E-state index in [1.165, 1.54) is 7.11 Å². The van der Waals surface area contributed by atoms with Gasteiger partial charge in [0.15, 0.2) is 0 Å². The number of amides is 1. The van der Waals surface area contributed by atoms with Gasteiger partial charge in [-0.2, -0.15) is 0 Å². The van der Waals surface area contributed by atoms with Gasteiger partial charge in [0, 0.05) is 13.1 Å². The number of rotatable bonds is 3. The number of methoxy groups -OCH3 is 1. The summed E-state index contributed by atoms with van der Waals surface area (Å²) < 4.78 is 10.2. The number of allylic oxidation sites excluding steroid dienone is 1. The molecule has 1 fully saturated rings. The summed E-state index contributed by atoms with van der Waals surface area (Å²) >= 11 is 0. The highest BCUT2D eigenvalue weighted by Crippen LogP contribution is 2.30. The summed E-state index contributed by atoms with van der Waals surface area (Å²) in [5.41, 5.74) is 3.23. The fraction of sp³-hybridized carbons (Fsp3) is 0.368. The van der Waals surface area contributed by atoms with Crippen LogP contribution in [0.1, 0.15) is 18.4 Å². The van der Waals surface area contributed by atoms with Crippen molar-refractivity contribution >= 4 is 12.1 Å². The van der Waals surface area contributed by atoms with Crippen molar-refractivity contribution in [2.75, 3.05) is 20.2 Å². The Morgan fingerprint density at radius 3 is 2.75 bits per heavy atom. The topological polar surface area (TPSA) is 55.8 Å². The van der Waals surface area contributed by atoms with Crippen LogP contribution in [0.25, 0.3) is 0 Å². The van der Waals surface area contributed by atoms with Crippen LogP contribution in [0.15, 0.2) is 53.6 Å². The molecule has 1 aromatic rings. The van der Waals surface area contributed by atoms with Crippen LogP contribution in [0.5, 0.6) is 0 Å². The van der Waals surface area contributed by atoms with E-state index in [1.54, 1.807) is 4.90 Å². The van der Waals surface area contributed by atoms with E-state index >= 15 is 0 Å². The zero-order valence-electron chi connectivity index (χ0n) is 13.7. The first kappa shape index (κ1) is 16.3. The van der Waals surface area contributed by atoms with E-state index in [0.717, 1.165) is 23.1 Å². The molecule has 0 spiro atoms. The molecule has 126 valence electrons. The van der Waals surface area contributed by atoms with Crippen LogP contribution in [0.2, 0.25) is 0 Å². The monoisotopic (exact) mass is 327 g/mol. The van der Waals surface area contributed by atoms with E-state index in [-0.39, 0.29) is 24.6 Å². The van der Waals surface area contributed by atoms with Gasteiger partial charge in [0.05, 0.1) is 13.0 Å². The van der Waals surface area contributed by atoms with Gasteiger partial charge in [-0.25, -0.2) is 4.79 Å². The highest BCUT2D eigenvalue weighted by Gasteiger charge is 2.28. The maximum absolute atomic E-state index is 12.2. The first-order valence-corrected chi connectivity index (χ1v) is 8.11. The fourth-order valence-corrected chi connectivity index (χ4v) is 3.05. The van der Waals surface area contributed by atoms with E-state index in [9.17, 15) is 9.59 Å². The lowest BCUT2D eigenvalue weighted by Gasteiger charge is -2.32. The second kappa shape index (κ2) is 7.34. The molecule has 1 aliphatic carbocycles. The van der Waals surface area contributed by atoms with Crippen molar-refractivity contribution in [3.8, 4) is 0 Å². The largest absolute Gasteiger partial charge is 0.469 e. The van der Waals surface area contributed by atoms with Crippen LogP contribution >= 0.6 is 0 Å². The molecular formula is C19H21NO4. The van der Waals surface area contributed by atoms with Crippen molar-refractivity contribution in [2.45, 2.75) is 19.4 Å². The Balaban J connectivity index is 1.56. The van der Waals surface area contributed by atoms with Gasteiger partial charge in [-0.15, -0.1) is 0 Å².